The number of rotatable bonds is 7. The van der Waals surface area contributed by atoms with Crippen LogP contribution in [0, 0.1) is 0 Å². The van der Waals surface area contributed by atoms with Crippen LogP contribution in [0.4, 0.5) is 5.69 Å². The normalized spacial score (nSPS) is 15.9. The molecule has 1 saturated heterocycles. The number of carbonyl (C=O) groups is 1. The molecule has 0 radical (unpaired) electrons. The molecule has 0 unspecified atom stereocenters. The first-order valence-electron chi connectivity index (χ1n) is 13.2. The molecule has 5 heteroatoms. The molecule has 1 fully saturated rings. The Morgan fingerprint density at radius 1 is 0.821 bits per heavy atom. The van der Waals surface area contributed by atoms with Crippen LogP contribution in [0.1, 0.15) is 18.1 Å². The Morgan fingerprint density at radius 3 is 2.08 bits per heavy atom. The third-order valence-electron chi connectivity index (χ3n) is 6.84. The van der Waals surface area contributed by atoms with E-state index in [9.17, 15) is 4.79 Å². The van der Waals surface area contributed by atoms with Crippen molar-refractivity contribution in [3.63, 3.8) is 0 Å². The predicted octanol–water partition coefficient (Wildman–Crippen LogP) is 7.97. The van der Waals surface area contributed by atoms with Crippen molar-refractivity contribution in [1.29, 1.82) is 0 Å². The number of aromatic nitrogens is 1. The van der Waals surface area contributed by atoms with Gasteiger partial charge in [-0.05, 0) is 59.5 Å². The van der Waals surface area contributed by atoms with E-state index in [1.807, 2.05) is 24.3 Å². The van der Waals surface area contributed by atoms with E-state index in [2.05, 4.69) is 125 Å². The van der Waals surface area contributed by atoms with Crippen molar-refractivity contribution in [3.8, 4) is 28.2 Å². The lowest BCUT2D eigenvalue weighted by molar-refractivity contribution is -0.116. The van der Waals surface area contributed by atoms with Crippen LogP contribution in [-0.4, -0.2) is 16.0 Å². The van der Waals surface area contributed by atoms with E-state index in [0.717, 1.165) is 45.9 Å². The van der Waals surface area contributed by atoms with Crippen LogP contribution in [0.5, 0.6) is 0 Å². The van der Waals surface area contributed by atoms with E-state index in [4.69, 9.17) is 0 Å². The van der Waals surface area contributed by atoms with Gasteiger partial charge in [-0.1, -0.05) is 110 Å². The smallest absolute Gasteiger partial charge is 0.260 e. The summed E-state index contributed by atoms with van der Waals surface area (Å²) in [5.74, 6) is -0.0737. The maximum Gasteiger partial charge on any atom is 0.260 e. The number of carbonyl (C=O) groups excluding carboxylic acids is 1. The monoisotopic (exact) mass is 527 g/mol. The summed E-state index contributed by atoms with van der Waals surface area (Å²) in [5, 5.41) is 6.52. The molecule has 192 valence electrons. The third kappa shape index (κ3) is 5.27. The van der Waals surface area contributed by atoms with Crippen molar-refractivity contribution in [2.45, 2.75) is 18.8 Å². The molecule has 1 aliphatic rings. The van der Waals surface area contributed by atoms with Crippen molar-refractivity contribution < 1.29 is 4.79 Å². The SMILES string of the molecule is CCc1ccc(N[C@@H]2NC(=O)/C(=C\c3cc(-c4ccccc4)n(-c4ccccc4)c3-c3ccccc3)S2)cc1. The van der Waals surface area contributed by atoms with Gasteiger partial charge in [0.2, 0.25) is 0 Å². The molecule has 1 amide bonds. The topological polar surface area (TPSA) is 46.1 Å². The molecule has 39 heavy (non-hydrogen) atoms. The fraction of sp³-hybridized carbons (Fsp3) is 0.0882. The maximum atomic E-state index is 13.1. The quantitative estimate of drug-likeness (QED) is 0.211. The van der Waals surface area contributed by atoms with Crippen LogP contribution in [0.3, 0.4) is 0 Å². The average molecular weight is 528 g/mol. The Morgan fingerprint density at radius 2 is 1.44 bits per heavy atom. The highest BCUT2D eigenvalue weighted by atomic mass is 32.2. The summed E-state index contributed by atoms with van der Waals surface area (Å²) in [6.07, 6.45) is 3.02. The molecule has 0 bridgehead atoms. The fourth-order valence-electron chi connectivity index (χ4n) is 4.89. The van der Waals surface area contributed by atoms with Gasteiger partial charge in [0, 0.05) is 16.9 Å². The molecule has 4 aromatic carbocycles. The molecule has 4 nitrogen and oxygen atoms in total. The standard InChI is InChI=1S/C34H29N3OS/c1-2-24-18-20-28(21-19-24)35-34-36-33(38)31(39-34)23-27-22-30(25-12-6-3-7-13-25)37(29-16-10-5-11-17-29)32(27)26-14-8-4-9-15-26/h3-23,34-35H,2H2,1H3,(H,36,38)/b31-23+/t34-/m1/s1. The first kappa shape index (κ1) is 24.8. The predicted molar refractivity (Wildman–Crippen MR) is 164 cm³/mol. The highest BCUT2D eigenvalue weighted by Crippen LogP contribution is 2.39. The van der Waals surface area contributed by atoms with E-state index in [0.29, 0.717) is 4.91 Å². The lowest BCUT2D eigenvalue weighted by atomic mass is 10.1. The Bertz CT molecular complexity index is 1610. The van der Waals surface area contributed by atoms with Crippen molar-refractivity contribution in [3.05, 3.63) is 137 Å². The highest BCUT2D eigenvalue weighted by Gasteiger charge is 2.28. The Labute approximate surface area is 233 Å². The number of anilines is 1. The van der Waals surface area contributed by atoms with Crippen LogP contribution in [0.25, 0.3) is 34.3 Å². The van der Waals surface area contributed by atoms with Gasteiger partial charge in [0.05, 0.1) is 16.3 Å². The average Bonchev–Trinajstić information content (AvgIpc) is 3.54. The number of nitrogens with zero attached hydrogens (tertiary/aromatic N) is 1. The van der Waals surface area contributed by atoms with E-state index in [-0.39, 0.29) is 11.4 Å². The summed E-state index contributed by atoms with van der Waals surface area (Å²) >= 11 is 1.51. The van der Waals surface area contributed by atoms with E-state index >= 15 is 0 Å². The van der Waals surface area contributed by atoms with Crippen LogP contribution in [0.2, 0.25) is 0 Å². The van der Waals surface area contributed by atoms with Crippen LogP contribution in [0.15, 0.2) is 126 Å². The van der Waals surface area contributed by atoms with Gasteiger partial charge in [0.15, 0.2) is 5.50 Å². The summed E-state index contributed by atoms with van der Waals surface area (Å²) in [6.45, 7) is 2.14. The number of benzene rings is 4. The van der Waals surface area contributed by atoms with Gasteiger partial charge in [0.25, 0.3) is 5.91 Å². The van der Waals surface area contributed by atoms with Gasteiger partial charge in [-0.2, -0.15) is 0 Å². The minimum Gasteiger partial charge on any atom is -0.357 e. The first-order chi connectivity index (χ1) is 19.2. The van der Waals surface area contributed by atoms with Gasteiger partial charge >= 0.3 is 0 Å². The van der Waals surface area contributed by atoms with E-state index < -0.39 is 0 Å². The molecule has 2 heterocycles. The molecule has 0 aliphatic carbocycles. The van der Waals surface area contributed by atoms with Crippen LogP contribution >= 0.6 is 11.8 Å². The molecule has 1 aliphatic heterocycles. The second kappa shape index (κ2) is 11.1. The third-order valence-corrected chi connectivity index (χ3v) is 7.87. The Kier molecular flexibility index (Phi) is 7.07. The maximum absolute atomic E-state index is 13.1. The van der Waals surface area contributed by atoms with Crippen LogP contribution in [-0.2, 0) is 11.2 Å². The number of hydrogen-bond donors (Lipinski definition) is 2. The van der Waals surface area contributed by atoms with Gasteiger partial charge in [-0.15, -0.1) is 0 Å². The van der Waals surface area contributed by atoms with Crippen molar-refractivity contribution in [2.24, 2.45) is 0 Å². The second-order valence-electron chi connectivity index (χ2n) is 9.41. The zero-order valence-corrected chi connectivity index (χ0v) is 22.5. The summed E-state index contributed by atoms with van der Waals surface area (Å²) in [4.78, 5) is 13.8. The summed E-state index contributed by atoms with van der Waals surface area (Å²) < 4.78 is 2.29. The number of amides is 1. The van der Waals surface area contributed by atoms with Crippen molar-refractivity contribution in [2.75, 3.05) is 5.32 Å². The summed E-state index contributed by atoms with van der Waals surface area (Å²) in [6, 6.07) is 41.7. The number of hydrogen-bond acceptors (Lipinski definition) is 3. The van der Waals surface area contributed by atoms with Gasteiger partial charge in [-0.3, -0.25) is 4.79 Å². The van der Waals surface area contributed by atoms with Crippen LogP contribution < -0.4 is 10.6 Å². The summed E-state index contributed by atoms with van der Waals surface area (Å²) in [7, 11) is 0. The Balaban J connectivity index is 1.44. The molecule has 5 aromatic rings. The zero-order chi connectivity index (χ0) is 26.6. The summed E-state index contributed by atoms with van der Waals surface area (Å²) in [5.41, 5.74) is 8.42. The van der Waals surface area contributed by atoms with E-state index in [1.165, 1.54) is 17.3 Å². The van der Waals surface area contributed by atoms with Crippen molar-refractivity contribution in [1.82, 2.24) is 9.88 Å². The lowest BCUT2D eigenvalue weighted by Gasteiger charge is -2.15. The fourth-order valence-corrected chi connectivity index (χ4v) is 5.87. The van der Waals surface area contributed by atoms with Gasteiger partial charge in [0.1, 0.15) is 0 Å². The highest BCUT2D eigenvalue weighted by molar-refractivity contribution is 8.05. The van der Waals surface area contributed by atoms with E-state index in [1.54, 1.807) is 0 Å². The Hall–Kier alpha value is -4.48. The minimum atomic E-state index is -0.235. The largest absolute Gasteiger partial charge is 0.357 e. The minimum absolute atomic E-state index is 0.0737. The second-order valence-corrected chi connectivity index (χ2v) is 10.6. The van der Waals surface area contributed by atoms with Gasteiger partial charge < -0.3 is 15.2 Å². The number of nitrogens with one attached hydrogen (secondary N) is 2. The first-order valence-corrected chi connectivity index (χ1v) is 14.0. The number of para-hydroxylation sites is 1. The van der Waals surface area contributed by atoms with Gasteiger partial charge in [-0.25, -0.2) is 0 Å². The molecule has 2 N–H and O–H groups in total. The molecule has 0 saturated carbocycles. The lowest BCUT2D eigenvalue weighted by Crippen LogP contribution is -2.30. The molecule has 1 atom stereocenters. The molecular formula is C34H29N3OS. The number of aryl methyl sites for hydroxylation is 1. The van der Waals surface area contributed by atoms with Crippen molar-refractivity contribution >= 4 is 29.4 Å². The zero-order valence-electron chi connectivity index (χ0n) is 21.7. The molecular weight excluding hydrogens is 498 g/mol. The molecule has 0 spiro atoms. The number of thioether (sulfide) groups is 1. The molecule has 6 rings (SSSR count). The molecule has 1 aromatic heterocycles.